The van der Waals surface area contributed by atoms with E-state index in [1.165, 1.54) is 19.2 Å². The van der Waals surface area contributed by atoms with Gasteiger partial charge in [0.1, 0.15) is 36.3 Å². The molecule has 1 fully saturated rings. The molecule has 0 saturated heterocycles. The smallest absolute Gasteiger partial charge is 0.227 e. The summed E-state index contributed by atoms with van der Waals surface area (Å²) in [6.07, 6.45) is 8.84. The molecule has 5 rings (SSSR count). The summed E-state index contributed by atoms with van der Waals surface area (Å²) in [5, 5.41) is 20.4. The predicted molar refractivity (Wildman–Crippen MR) is 138 cm³/mol. The van der Waals surface area contributed by atoms with Crippen LogP contribution in [0.1, 0.15) is 30.9 Å². The molecule has 0 aliphatic heterocycles. The Kier molecular flexibility index (Phi) is 7.23. The number of para-hydroxylation sites is 1. The average Bonchev–Trinajstić information content (AvgIpc) is 3.61. The van der Waals surface area contributed by atoms with Crippen LogP contribution in [0.2, 0.25) is 0 Å². The molecule has 37 heavy (non-hydrogen) atoms. The molecule has 1 saturated carbocycles. The van der Waals surface area contributed by atoms with Crippen LogP contribution < -0.4 is 20.1 Å². The minimum Gasteiger partial charge on any atom is -0.494 e. The molecule has 1 aliphatic rings. The van der Waals surface area contributed by atoms with E-state index in [1.807, 2.05) is 31.2 Å². The van der Waals surface area contributed by atoms with E-state index < -0.39 is 0 Å². The highest BCUT2D eigenvalue weighted by atomic mass is 16.5. The molecule has 0 unspecified atom stereocenters. The highest BCUT2D eigenvalue weighted by Crippen LogP contribution is 2.32. The van der Waals surface area contributed by atoms with E-state index in [0.29, 0.717) is 29.8 Å². The Bertz CT molecular complexity index is 1380. The molecule has 0 spiro atoms. The quantitative estimate of drug-likeness (QED) is 0.316. The molecule has 0 bridgehead atoms. The zero-order valence-electron chi connectivity index (χ0n) is 20.8. The van der Waals surface area contributed by atoms with Crippen LogP contribution in [0.15, 0.2) is 61.4 Å². The zero-order valence-corrected chi connectivity index (χ0v) is 20.8. The Hall–Kier alpha value is -4.49. The van der Waals surface area contributed by atoms with Gasteiger partial charge in [-0.05, 0) is 43.5 Å². The number of rotatable bonds is 11. The fraction of sp³-hybridized carbons (Fsp3) is 0.296. The zero-order chi connectivity index (χ0) is 25.6. The second kappa shape index (κ2) is 11.1. The molecular formula is C27H28N8O2. The van der Waals surface area contributed by atoms with Gasteiger partial charge in [-0.1, -0.05) is 18.2 Å². The van der Waals surface area contributed by atoms with Gasteiger partial charge >= 0.3 is 0 Å². The monoisotopic (exact) mass is 496 g/mol. The number of anilines is 2. The molecule has 2 aromatic carbocycles. The fourth-order valence-electron chi connectivity index (χ4n) is 4.00. The number of benzene rings is 2. The van der Waals surface area contributed by atoms with Crippen LogP contribution in [-0.2, 0) is 13.1 Å². The number of ether oxygens (including phenoxy) is 2. The number of aromatic nitrogens is 5. The number of hydrogen-bond donors (Lipinski definition) is 2. The molecular weight excluding hydrogens is 468 g/mol. The van der Waals surface area contributed by atoms with Crippen LogP contribution in [0, 0.1) is 11.3 Å². The summed E-state index contributed by atoms with van der Waals surface area (Å²) in [4.78, 5) is 13.0. The Labute approximate surface area is 215 Å². The topological polar surface area (TPSA) is 123 Å². The van der Waals surface area contributed by atoms with Crippen LogP contribution in [0.5, 0.6) is 11.5 Å². The third-order valence-corrected chi connectivity index (χ3v) is 6.03. The summed E-state index contributed by atoms with van der Waals surface area (Å²) in [5.41, 5.74) is 3.99. The van der Waals surface area contributed by atoms with Crippen molar-refractivity contribution in [3.63, 3.8) is 0 Å². The lowest BCUT2D eigenvalue weighted by Gasteiger charge is -2.16. The molecule has 4 aromatic rings. The van der Waals surface area contributed by atoms with E-state index in [9.17, 15) is 5.26 Å². The summed E-state index contributed by atoms with van der Waals surface area (Å²) >= 11 is 0. The van der Waals surface area contributed by atoms with Gasteiger partial charge in [-0.3, -0.25) is 0 Å². The van der Waals surface area contributed by atoms with Crippen LogP contribution in [-0.4, -0.2) is 44.0 Å². The second-order valence-electron chi connectivity index (χ2n) is 8.94. The predicted octanol–water partition coefficient (Wildman–Crippen LogP) is 4.08. The summed E-state index contributed by atoms with van der Waals surface area (Å²) in [7, 11) is 1.67. The van der Waals surface area contributed by atoms with E-state index in [4.69, 9.17) is 9.47 Å². The van der Waals surface area contributed by atoms with Gasteiger partial charge in [-0.15, -0.1) is 0 Å². The van der Waals surface area contributed by atoms with Crippen molar-refractivity contribution in [2.45, 2.75) is 45.0 Å². The van der Waals surface area contributed by atoms with Gasteiger partial charge in [0, 0.05) is 36.1 Å². The standard InChI is InChI=1S/C27H28N8O2/c1-18(15-35-17-29-16-33-35)37-25-10-19(6-7-20(25)11-28)22-13-31-27(32-14-22)34-24-5-3-4-21(26(24)36-2)12-30-23-8-9-23/h3-7,10,13-14,16-18,23,30H,8-9,12,15H2,1-2H3,(H,31,32,34)/t18-/m0/s1. The van der Waals surface area contributed by atoms with Crippen LogP contribution >= 0.6 is 0 Å². The third-order valence-electron chi connectivity index (χ3n) is 6.03. The highest BCUT2D eigenvalue weighted by Gasteiger charge is 2.21. The third kappa shape index (κ3) is 6.02. The first-order valence-corrected chi connectivity index (χ1v) is 12.1. The molecule has 10 nitrogen and oxygen atoms in total. The lowest BCUT2D eigenvalue weighted by atomic mass is 10.1. The van der Waals surface area contributed by atoms with E-state index >= 15 is 0 Å². The van der Waals surface area contributed by atoms with E-state index in [2.05, 4.69) is 42.8 Å². The maximum Gasteiger partial charge on any atom is 0.227 e. The minimum absolute atomic E-state index is 0.211. The van der Waals surface area contributed by atoms with Crippen LogP contribution in [0.4, 0.5) is 11.6 Å². The first-order valence-electron chi connectivity index (χ1n) is 12.1. The van der Waals surface area contributed by atoms with Gasteiger partial charge in [0.25, 0.3) is 0 Å². The van der Waals surface area contributed by atoms with Gasteiger partial charge < -0.3 is 20.1 Å². The average molecular weight is 497 g/mol. The molecule has 2 aromatic heterocycles. The summed E-state index contributed by atoms with van der Waals surface area (Å²) in [6, 6.07) is 14.2. The van der Waals surface area contributed by atoms with Gasteiger partial charge in [0.2, 0.25) is 5.95 Å². The number of nitrogens with one attached hydrogen (secondary N) is 2. The molecule has 10 heteroatoms. The summed E-state index contributed by atoms with van der Waals surface area (Å²) in [5.74, 6) is 1.73. The van der Waals surface area contributed by atoms with Crippen molar-refractivity contribution in [3.8, 4) is 28.7 Å². The van der Waals surface area contributed by atoms with Gasteiger partial charge in [0.05, 0.1) is 24.9 Å². The second-order valence-corrected chi connectivity index (χ2v) is 8.94. The Morgan fingerprint density at radius 2 is 2.00 bits per heavy atom. The summed E-state index contributed by atoms with van der Waals surface area (Å²) < 4.78 is 13.4. The highest BCUT2D eigenvalue weighted by molar-refractivity contribution is 5.68. The molecule has 0 radical (unpaired) electrons. The van der Waals surface area contributed by atoms with Crippen molar-refractivity contribution in [1.29, 1.82) is 5.26 Å². The van der Waals surface area contributed by atoms with Crippen molar-refractivity contribution in [1.82, 2.24) is 30.0 Å². The van der Waals surface area contributed by atoms with Crippen LogP contribution in [0.3, 0.4) is 0 Å². The van der Waals surface area contributed by atoms with E-state index in [1.54, 1.807) is 36.6 Å². The lowest BCUT2D eigenvalue weighted by Crippen LogP contribution is -2.20. The first-order chi connectivity index (χ1) is 18.1. The van der Waals surface area contributed by atoms with Gasteiger partial charge in [0.15, 0.2) is 0 Å². The largest absolute Gasteiger partial charge is 0.494 e. The van der Waals surface area contributed by atoms with Crippen molar-refractivity contribution < 1.29 is 9.47 Å². The van der Waals surface area contributed by atoms with Crippen LogP contribution in [0.25, 0.3) is 11.1 Å². The van der Waals surface area contributed by atoms with Crippen molar-refractivity contribution in [3.05, 3.63) is 72.6 Å². The normalized spacial score (nSPS) is 13.5. The molecule has 2 heterocycles. The van der Waals surface area contributed by atoms with Crippen molar-refractivity contribution in [2.75, 3.05) is 12.4 Å². The maximum absolute atomic E-state index is 9.55. The van der Waals surface area contributed by atoms with E-state index in [0.717, 1.165) is 34.7 Å². The molecule has 1 aliphatic carbocycles. The molecule has 2 N–H and O–H groups in total. The molecule has 0 amide bonds. The Morgan fingerprint density at radius 1 is 1.16 bits per heavy atom. The number of methoxy groups -OCH3 is 1. The Morgan fingerprint density at radius 3 is 2.70 bits per heavy atom. The maximum atomic E-state index is 9.55. The van der Waals surface area contributed by atoms with Gasteiger partial charge in [-0.25, -0.2) is 19.6 Å². The molecule has 188 valence electrons. The number of nitrogens with zero attached hydrogens (tertiary/aromatic N) is 6. The molecule has 1 atom stereocenters. The first kappa shape index (κ1) is 24.2. The number of hydrogen-bond acceptors (Lipinski definition) is 9. The minimum atomic E-state index is -0.211. The van der Waals surface area contributed by atoms with Gasteiger partial charge in [-0.2, -0.15) is 10.4 Å². The number of nitriles is 1. The van der Waals surface area contributed by atoms with Crippen molar-refractivity contribution in [2.24, 2.45) is 0 Å². The fourth-order valence-corrected chi connectivity index (χ4v) is 4.00. The van der Waals surface area contributed by atoms with Crippen molar-refractivity contribution >= 4 is 11.6 Å². The summed E-state index contributed by atoms with van der Waals surface area (Å²) in [6.45, 7) is 3.19. The Balaban J connectivity index is 1.30. The van der Waals surface area contributed by atoms with E-state index in [-0.39, 0.29) is 6.10 Å². The lowest BCUT2D eigenvalue weighted by molar-refractivity contribution is 0.193. The SMILES string of the molecule is COc1c(CNC2CC2)cccc1Nc1ncc(-c2ccc(C#N)c(O[C@@H](C)Cn3cncn3)c2)cn1.